The Labute approximate surface area is 188 Å². The molecule has 3 aromatic rings. The van der Waals surface area contributed by atoms with Crippen molar-refractivity contribution in [1.82, 2.24) is 10.3 Å². The maximum absolute atomic E-state index is 14.7. The molecule has 31 heavy (non-hydrogen) atoms. The van der Waals surface area contributed by atoms with Crippen molar-refractivity contribution in [1.29, 1.82) is 0 Å². The molecule has 10 heteroatoms. The third kappa shape index (κ3) is 5.07. The number of thiazole rings is 1. The van der Waals surface area contributed by atoms with Gasteiger partial charge in [-0.2, -0.15) is 0 Å². The Bertz CT molecular complexity index is 1190. The van der Waals surface area contributed by atoms with E-state index in [9.17, 15) is 12.8 Å². The van der Waals surface area contributed by atoms with Gasteiger partial charge < -0.3 is 10.1 Å². The predicted octanol–water partition coefficient (Wildman–Crippen LogP) is 4.56. The fourth-order valence-corrected chi connectivity index (χ4v) is 5.22. The first-order valence-corrected chi connectivity index (χ1v) is 12.3. The first kappa shape index (κ1) is 21.8. The quantitative estimate of drug-likeness (QED) is 0.519. The van der Waals surface area contributed by atoms with Crippen LogP contribution in [-0.2, 0) is 10.0 Å². The van der Waals surface area contributed by atoms with E-state index >= 15 is 0 Å². The van der Waals surface area contributed by atoms with Crippen LogP contribution in [0.3, 0.4) is 0 Å². The van der Waals surface area contributed by atoms with Gasteiger partial charge in [0.15, 0.2) is 5.82 Å². The molecule has 1 aliphatic heterocycles. The number of nitrogens with zero attached hydrogens (tertiary/aromatic N) is 1. The number of anilines is 1. The van der Waals surface area contributed by atoms with Crippen molar-refractivity contribution >= 4 is 44.4 Å². The summed E-state index contributed by atoms with van der Waals surface area (Å²) in [6.07, 6.45) is 3.05. The van der Waals surface area contributed by atoms with E-state index in [1.165, 1.54) is 22.2 Å². The predicted molar refractivity (Wildman–Crippen MR) is 121 cm³/mol. The fraction of sp³-hybridized carbons (Fsp3) is 0.190. The molecule has 162 valence electrons. The van der Waals surface area contributed by atoms with E-state index in [-0.39, 0.29) is 29.2 Å². The maximum Gasteiger partial charge on any atom is 0.266 e. The van der Waals surface area contributed by atoms with E-state index in [0.29, 0.717) is 0 Å². The second-order valence-electron chi connectivity index (χ2n) is 6.82. The third-order valence-electron chi connectivity index (χ3n) is 4.73. The van der Waals surface area contributed by atoms with Gasteiger partial charge in [0, 0.05) is 11.4 Å². The van der Waals surface area contributed by atoms with E-state index < -0.39 is 20.7 Å². The van der Waals surface area contributed by atoms with Crippen LogP contribution in [0.5, 0.6) is 5.75 Å². The molecule has 0 fully saturated rings. The highest BCUT2D eigenvalue weighted by Gasteiger charge is 2.24. The van der Waals surface area contributed by atoms with E-state index in [1.54, 1.807) is 0 Å². The van der Waals surface area contributed by atoms with Crippen LogP contribution in [0.15, 0.2) is 64.3 Å². The van der Waals surface area contributed by atoms with Gasteiger partial charge in [-0.15, -0.1) is 11.3 Å². The van der Waals surface area contributed by atoms with Gasteiger partial charge in [-0.25, -0.2) is 17.8 Å². The number of nitrogens with one attached hydrogen (secondary N) is 2. The molecule has 2 N–H and O–H groups in total. The lowest BCUT2D eigenvalue weighted by Gasteiger charge is -2.26. The Hall–Kier alpha value is -2.46. The molecule has 2 aromatic carbocycles. The molecule has 0 saturated heterocycles. The van der Waals surface area contributed by atoms with E-state index in [2.05, 4.69) is 21.1 Å². The zero-order valence-electron chi connectivity index (χ0n) is 16.2. The average molecular weight is 480 g/mol. The third-order valence-corrected chi connectivity index (χ3v) is 6.99. The van der Waals surface area contributed by atoms with Crippen molar-refractivity contribution in [2.75, 3.05) is 17.9 Å². The molecule has 6 nitrogen and oxygen atoms in total. The number of benzene rings is 2. The molecule has 1 unspecified atom stereocenters. The Morgan fingerprint density at radius 3 is 2.84 bits per heavy atom. The molecule has 0 saturated carbocycles. The average Bonchev–Trinajstić information content (AvgIpc) is 3.27. The fourth-order valence-electron chi connectivity index (χ4n) is 3.29. The van der Waals surface area contributed by atoms with E-state index in [1.807, 2.05) is 30.3 Å². The Balaban J connectivity index is 1.51. The summed E-state index contributed by atoms with van der Waals surface area (Å²) in [5, 5.41) is 4.89. The molecule has 0 amide bonds. The molecule has 1 aromatic heterocycles. The van der Waals surface area contributed by atoms with Gasteiger partial charge in [-0.3, -0.25) is 4.72 Å². The van der Waals surface area contributed by atoms with Crippen LogP contribution in [0.4, 0.5) is 10.2 Å². The number of hydrogen-bond donors (Lipinski definition) is 2. The first-order chi connectivity index (χ1) is 14.9. The highest BCUT2D eigenvalue weighted by atomic mass is 35.5. The van der Waals surface area contributed by atoms with Crippen LogP contribution in [-0.4, -0.2) is 32.6 Å². The highest BCUT2D eigenvalue weighted by Crippen LogP contribution is 2.32. The summed E-state index contributed by atoms with van der Waals surface area (Å²) in [6, 6.07) is 11.9. The monoisotopic (exact) mass is 479 g/mol. The molecule has 1 aliphatic rings. The van der Waals surface area contributed by atoms with Crippen LogP contribution in [0, 0.1) is 5.82 Å². The Kier molecular flexibility index (Phi) is 6.57. The zero-order chi connectivity index (χ0) is 21.8. The summed E-state index contributed by atoms with van der Waals surface area (Å²) in [6.45, 7) is 1.01. The molecule has 2 heterocycles. The van der Waals surface area contributed by atoms with Gasteiger partial charge in [0.05, 0.1) is 16.6 Å². The van der Waals surface area contributed by atoms with Crippen LogP contribution < -0.4 is 14.8 Å². The van der Waals surface area contributed by atoms with Crippen molar-refractivity contribution in [2.45, 2.75) is 17.4 Å². The number of rotatable bonds is 7. The normalized spacial score (nSPS) is 16.6. The first-order valence-electron chi connectivity index (χ1n) is 9.46. The van der Waals surface area contributed by atoms with Gasteiger partial charge in [-0.1, -0.05) is 48.0 Å². The lowest BCUT2D eigenvalue weighted by atomic mass is 9.95. The lowest BCUT2D eigenvalue weighted by Crippen LogP contribution is -2.38. The summed E-state index contributed by atoms with van der Waals surface area (Å²) in [4.78, 5) is 3.27. The summed E-state index contributed by atoms with van der Waals surface area (Å²) >= 11 is 7.44. The van der Waals surface area contributed by atoms with Crippen LogP contribution in [0.2, 0.25) is 5.02 Å². The largest absolute Gasteiger partial charge is 0.490 e. The van der Waals surface area contributed by atoms with E-state index in [4.69, 9.17) is 16.3 Å². The maximum atomic E-state index is 14.7. The number of aromatic nitrogens is 1. The standard InChI is InChI=1S/C21H19ClFN3O3S2/c22-16-9-20(31(27,28)26-21-12-30-13-25-21)17(23)10-19(16)29-11-18-15(7-4-8-24-18)14-5-2-1-3-6-14/h1-3,5-7,9-10,12-13,18,24,26H,4,8,11H2. The molecule has 0 radical (unpaired) electrons. The van der Waals surface area contributed by atoms with Crippen molar-refractivity contribution in [3.05, 3.63) is 75.8 Å². The minimum Gasteiger partial charge on any atom is -0.490 e. The Morgan fingerprint density at radius 1 is 1.29 bits per heavy atom. The SMILES string of the molecule is O=S(=O)(Nc1cscn1)c1cc(Cl)c(OCC2NCCC=C2c2ccccc2)cc1F. The molecule has 1 atom stereocenters. The highest BCUT2D eigenvalue weighted by molar-refractivity contribution is 7.92. The van der Waals surface area contributed by atoms with Crippen molar-refractivity contribution in [3.63, 3.8) is 0 Å². The summed E-state index contributed by atoms with van der Waals surface area (Å²) in [5.41, 5.74) is 3.64. The van der Waals surface area contributed by atoms with Crippen LogP contribution in [0.1, 0.15) is 12.0 Å². The number of halogens is 2. The van der Waals surface area contributed by atoms with Crippen LogP contribution in [0.25, 0.3) is 5.57 Å². The number of hydrogen-bond acceptors (Lipinski definition) is 6. The smallest absolute Gasteiger partial charge is 0.266 e. The van der Waals surface area contributed by atoms with Gasteiger partial charge in [0.1, 0.15) is 23.1 Å². The Morgan fingerprint density at radius 2 is 2.10 bits per heavy atom. The molecule has 4 rings (SSSR count). The van der Waals surface area contributed by atoms with Gasteiger partial charge in [0.2, 0.25) is 0 Å². The van der Waals surface area contributed by atoms with Crippen molar-refractivity contribution in [3.8, 4) is 5.75 Å². The van der Waals surface area contributed by atoms with Gasteiger partial charge in [0.25, 0.3) is 10.0 Å². The van der Waals surface area contributed by atoms with Gasteiger partial charge in [-0.05, 0) is 30.2 Å². The number of ether oxygens (including phenoxy) is 1. The summed E-state index contributed by atoms with van der Waals surface area (Å²) in [5.74, 6) is -0.770. The number of sulfonamides is 1. The van der Waals surface area contributed by atoms with Crippen LogP contribution >= 0.6 is 22.9 Å². The lowest BCUT2D eigenvalue weighted by molar-refractivity contribution is 0.287. The minimum absolute atomic E-state index is 0.00102. The zero-order valence-corrected chi connectivity index (χ0v) is 18.6. The summed E-state index contributed by atoms with van der Waals surface area (Å²) in [7, 11) is -4.18. The van der Waals surface area contributed by atoms with E-state index in [0.717, 1.165) is 36.2 Å². The molecule has 0 bridgehead atoms. The summed E-state index contributed by atoms with van der Waals surface area (Å²) < 4.78 is 47.6. The molecule has 0 aliphatic carbocycles. The minimum atomic E-state index is -4.18. The molecular formula is C21H19ClFN3O3S2. The van der Waals surface area contributed by atoms with Crippen molar-refractivity contribution in [2.24, 2.45) is 0 Å². The van der Waals surface area contributed by atoms with Crippen molar-refractivity contribution < 1.29 is 17.5 Å². The molecular weight excluding hydrogens is 461 g/mol. The second kappa shape index (κ2) is 9.35. The topological polar surface area (TPSA) is 80.3 Å². The molecule has 0 spiro atoms. The van der Waals surface area contributed by atoms with Gasteiger partial charge >= 0.3 is 0 Å². The second-order valence-corrected chi connectivity index (χ2v) is 9.60.